The molecule has 1 aromatic rings. The highest BCUT2D eigenvalue weighted by Crippen LogP contribution is 2.30. The molecule has 0 spiro atoms. The lowest BCUT2D eigenvalue weighted by atomic mass is 9.94. The summed E-state index contributed by atoms with van der Waals surface area (Å²) in [6.45, 7) is 9.58. The van der Waals surface area contributed by atoms with E-state index < -0.39 is 5.60 Å². The van der Waals surface area contributed by atoms with Gasteiger partial charge in [-0.3, -0.25) is 0 Å². The lowest BCUT2D eigenvalue weighted by Crippen LogP contribution is -2.43. The van der Waals surface area contributed by atoms with Gasteiger partial charge in [-0.1, -0.05) is 25.4 Å². The van der Waals surface area contributed by atoms with E-state index in [0.29, 0.717) is 5.15 Å². The summed E-state index contributed by atoms with van der Waals surface area (Å²) in [5.74, 6) is 1.95. The predicted octanol–water partition coefficient (Wildman–Crippen LogP) is 2.91. The standard InChI is InChI=1S/C14H22ClN3O/c1-9(2)12-16-11(15)10(3)13(17-12)18-7-5-14(4,19)6-8-18/h9,19H,5-8H2,1-4H3. The van der Waals surface area contributed by atoms with Crippen molar-refractivity contribution in [1.29, 1.82) is 0 Å². The van der Waals surface area contributed by atoms with Crippen molar-refractivity contribution in [3.8, 4) is 0 Å². The Morgan fingerprint density at radius 2 is 1.84 bits per heavy atom. The zero-order chi connectivity index (χ0) is 14.2. The third-order valence-corrected chi connectivity index (χ3v) is 4.10. The molecule has 1 saturated heterocycles. The van der Waals surface area contributed by atoms with E-state index in [9.17, 15) is 5.11 Å². The monoisotopic (exact) mass is 283 g/mol. The van der Waals surface area contributed by atoms with Gasteiger partial charge < -0.3 is 10.0 Å². The summed E-state index contributed by atoms with van der Waals surface area (Å²) in [4.78, 5) is 11.2. The fourth-order valence-electron chi connectivity index (χ4n) is 2.26. The maximum Gasteiger partial charge on any atom is 0.137 e. The minimum absolute atomic E-state index is 0.254. The van der Waals surface area contributed by atoms with Gasteiger partial charge in [0.15, 0.2) is 0 Å². The van der Waals surface area contributed by atoms with Gasteiger partial charge in [0.25, 0.3) is 0 Å². The summed E-state index contributed by atoms with van der Waals surface area (Å²) in [5, 5.41) is 10.6. The number of aliphatic hydroxyl groups is 1. The molecule has 0 bridgehead atoms. The van der Waals surface area contributed by atoms with Crippen molar-refractivity contribution in [2.24, 2.45) is 0 Å². The molecule has 19 heavy (non-hydrogen) atoms. The van der Waals surface area contributed by atoms with E-state index in [1.54, 1.807) is 0 Å². The molecule has 0 unspecified atom stereocenters. The highest BCUT2D eigenvalue weighted by molar-refractivity contribution is 6.30. The van der Waals surface area contributed by atoms with Crippen LogP contribution in [0.15, 0.2) is 0 Å². The lowest BCUT2D eigenvalue weighted by molar-refractivity contribution is 0.0350. The molecule has 2 rings (SSSR count). The number of nitrogens with zero attached hydrogens (tertiary/aromatic N) is 3. The molecule has 0 aliphatic carbocycles. The van der Waals surface area contributed by atoms with Gasteiger partial charge in [-0.25, -0.2) is 9.97 Å². The number of hydrogen-bond acceptors (Lipinski definition) is 4. The maximum absolute atomic E-state index is 10.0. The average Bonchev–Trinajstić information content (AvgIpc) is 2.32. The van der Waals surface area contributed by atoms with E-state index in [-0.39, 0.29) is 5.92 Å². The quantitative estimate of drug-likeness (QED) is 0.848. The molecular formula is C14H22ClN3O. The van der Waals surface area contributed by atoms with Crippen LogP contribution in [0.3, 0.4) is 0 Å². The topological polar surface area (TPSA) is 49.2 Å². The highest BCUT2D eigenvalue weighted by atomic mass is 35.5. The molecule has 0 radical (unpaired) electrons. The largest absolute Gasteiger partial charge is 0.390 e. The first kappa shape index (κ1) is 14.5. The van der Waals surface area contributed by atoms with E-state index in [2.05, 4.69) is 28.7 Å². The molecule has 0 amide bonds. The number of rotatable bonds is 2. The third-order valence-electron chi connectivity index (χ3n) is 3.73. The van der Waals surface area contributed by atoms with Gasteiger partial charge in [-0.15, -0.1) is 0 Å². The van der Waals surface area contributed by atoms with Crippen LogP contribution in [0.2, 0.25) is 5.15 Å². The normalized spacial score (nSPS) is 19.0. The van der Waals surface area contributed by atoms with E-state index in [1.165, 1.54) is 0 Å². The molecule has 1 aliphatic heterocycles. The summed E-state index contributed by atoms with van der Waals surface area (Å²) in [6.07, 6.45) is 1.51. The third kappa shape index (κ3) is 3.18. The van der Waals surface area contributed by atoms with Crippen LogP contribution in [0, 0.1) is 6.92 Å². The first-order valence-electron chi connectivity index (χ1n) is 6.81. The number of anilines is 1. The Morgan fingerprint density at radius 1 is 1.26 bits per heavy atom. The van der Waals surface area contributed by atoms with E-state index in [4.69, 9.17) is 11.6 Å². The van der Waals surface area contributed by atoms with E-state index in [0.717, 1.165) is 43.1 Å². The van der Waals surface area contributed by atoms with Crippen LogP contribution in [0.25, 0.3) is 0 Å². The van der Waals surface area contributed by atoms with Crippen molar-refractivity contribution < 1.29 is 5.11 Å². The molecular weight excluding hydrogens is 262 g/mol. The lowest BCUT2D eigenvalue weighted by Gasteiger charge is -2.37. The predicted molar refractivity (Wildman–Crippen MR) is 77.9 cm³/mol. The molecule has 4 nitrogen and oxygen atoms in total. The summed E-state index contributed by atoms with van der Waals surface area (Å²) < 4.78 is 0. The van der Waals surface area contributed by atoms with Crippen LogP contribution >= 0.6 is 11.6 Å². The van der Waals surface area contributed by atoms with Crippen molar-refractivity contribution in [1.82, 2.24) is 9.97 Å². The van der Waals surface area contributed by atoms with Crippen LogP contribution in [0.4, 0.5) is 5.82 Å². The minimum atomic E-state index is -0.553. The Balaban J connectivity index is 2.29. The minimum Gasteiger partial charge on any atom is -0.390 e. The van der Waals surface area contributed by atoms with Crippen molar-refractivity contribution in [2.45, 2.75) is 52.1 Å². The van der Waals surface area contributed by atoms with Gasteiger partial charge in [-0.2, -0.15) is 0 Å². The highest BCUT2D eigenvalue weighted by Gasteiger charge is 2.29. The first-order valence-corrected chi connectivity index (χ1v) is 7.19. The Labute approximate surface area is 119 Å². The Kier molecular flexibility index (Phi) is 4.02. The van der Waals surface area contributed by atoms with Gasteiger partial charge >= 0.3 is 0 Å². The second-order valence-corrected chi connectivity index (χ2v) is 6.32. The van der Waals surface area contributed by atoms with Gasteiger partial charge in [0, 0.05) is 24.6 Å². The van der Waals surface area contributed by atoms with Crippen molar-refractivity contribution in [3.63, 3.8) is 0 Å². The van der Waals surface area contributed by atoms with Crippen molar-refractivity contribution >= 4 is 17.4 Å². The van der Waals surface area contributed by atoms with Gasteiger partial charge in [0.1, 0.15) is 16.8 Å². The number of halogens is 1. The number of hydrogen-bond donors (Lipinski definition) is 1. The van der Waals surface area contributed by atoms with Crippen LogP contribution in [-0.4, -0.2) is 33.8 Å². The SMILES string of the molecule is Cc1c(Cl)nc(C(C)C)nc1N1CCC(C)(O)CC1. The Morgan fingerprint density at radius 3 is 2.37 bits per heavy atom. The summed E-state index contributed by atoms with van der Waals surface area (Å²) in [5.41, 5.74) is 0.370. The van der Waals surface area contributed by atoms with Gasteiger partial charge in [-0.05, 0) is 26.7 Å². The second-order valence-electron chi connectivity index (χ2n) is 5.96. The molecule has 1 aromatic heterocycles. The van der Waals surface area contributed by atoms with E-state index in [1.807, 2.05) is 13.8 Å². The van der Waals surface area contributed by atoms with Crippen molar-refractivity contribution in [2.75, 3.05) is 18.0 Å². The Bertz CT molecular complexity index is 464. The van der Waals surface area contributed by atoms with Crippen LogP contribution in [0.5, 0.6) is 0 Å². The van der Waals surface area contributed by atoms with Gasteiger partial charge in [0.05, 0.1) is 5.60 Å². The summed E-state index contributed by atoms with van der Waals surface area (Å²) in [7, 11) is 0. The van der Waals surface area contributed by atoms with Crippen LogP contribution < -0.4 is 4.90 Å². The maximum atomic E-state index is 10.0. The zero-order valence-corrected chi connectivity index (χ0v) is 12.8. The molecule has 106 valence electrons. The summed E-state index contributed by atoms with van der Waals surface area (Å²) >= 11 is 6.21. The molecule has 0 atom stereocenters. The first-order chi connectivity index (χ1) is 8.80. The van der Waals surface area contributed by atoms with Crippen LogP contribution in [0.1, 0.15) is 50.9 Å². The molecule has 1 N–H and O–H groups in total. The number of aromatic nitrogens is 2. The molecule has 0 saturated carbocycles. The fourth-order valence-corrected chi connectivity index (χ4v) is 2.43. The Hall–Kier alpha value is -0.870. The van der Waals surface area contributed by atoms with Gasteiger partial charge in [0.2, 0.25) is 0 Å². The molecule has 1 fully saturated rings. The average molecular weight is 284 g/mol. The zero-order valence-electron chi connectivity index (χ0n) is 12.1. The molecule has 5 heteroatoms. The summed E-state index contributed by atoms with van der Waals surface area (Å²) in [6, 6.07) is 0. The second kappa shape index (κ2) is 5.25. The molecule has 2 heterocycles. The molecule has 1 aliphatic rings. The smallest absolute Gasteiger partial charge is 0.137 e. The molecule has 0 aromatic carbocycles. The van der Waals surface area contributed by atoms with E-state index >= 15 is 0 Å². The van der Waals surface area contributed by atoms with Crippen LogP contribution in [-0.2, 0) is 0 Å². The van der Waals surface area contributed by atoms with Crippen molar-refractivity contribution in [3.05, 3.63) is 16.5 Å². The number of piperidine rings is 1. The fraction of sp³-hybridized carbons (Fsp3) is 0.714.